The molecule has 2 aromatic carbocycles. The van der Waals surface area contributed by atoms with E-state index in [-0.39, 0.29) is 5.75 Å². The van der Waals surface area contributed by atoms with Gasteiger partial charge in [-0.2, -0.15) is 0 Å². The molecule has 0 fully saturated rings. The Morgan fingerprint density at radius 1 is 1.00 bits per heavy atom. The van der Waals surface area contributed by atoms with Gasteiger partial charge >= 0.3 is 0 Å². The molecule has 0 saturated heterocycles. The van der Waals surface area contributed by atoms with E-state index in [1.807, 2.05) is 36.4 Å². The van der Waals surface area contributed by atoms with Crippen molar-refractivity contribution in [2.45, 2.75) is 0 Å². The number of aromatic hydroxyl groups is 1. The fourth-order valence-corrected chi connectivity index (χ4v) is 2.05. The van der Waals surface area contributed by atoms with Crippen molar-refractivity contribution in [3.05, 3.63) is 63.1 Å². The van der Waals surface area contributed by atoms with Gasteiger partial charge in [0.05, 0.1) is 0 Å². The molecule has 0 aliphatic carbocycles. The highest BCUT2D eigenvalue weighted by atomic mass is 79.9. The maximum absolute atomic E-state index is 9.66. The van der Waals surface area contributed by atoms with Crippen LogP contribution in [0, 0.1) is 0 Å². The van der Waals surface area contributed by atoms with E-state index in [1.54, 1.807) is 18.2 Å². The number of benzene rings is 2. The van der Waals surface area contributed by atoms with Crippen LogP contribution in [0.1, 0.15) is 11.1 Å². The molecule has 17 heavy (non-hydrogen) atoms. The Morgan fingerprint density at radius 2 is 1.71 bits per heavy atom. The molecule has 86 valence electrons. The van der Waals surface area contributed by atoms with Crippen LogP contribution in [0.2, 0.25) is 5.02 Å². The summed E-state index contributed by atoms with van der Waals surface area (Å²) in [4.78, 5) is 0. The summed E-state index contributed by atoms with van der Waals surface area (Å²) in [6.45, 7) is 0. The van der Waals surface area contributed by atoms with Gasteiger partial charge in [-0.25, -0.2) is 0 Å². The average molecular weight is 310 g/mol. The molecule has 0 heterocycles. The zero-order valence-electron chi connectivity index (χ0n) is 8.90. The van der Waals surface area contributed by atoms with Crippen LogP contribution < -0.4 is 0 Å². The second-order valence-electron chi connectivity index (χ2n) is 3.56. The summed E-state index contributed by atoms with van der Waals surface area (Å²) >= 11 is 9.34. The van der Waals surface area contributed by atoms with Crippen LogP contribution in [0.15, 0.2) is 46.9 Å². The standard InChI is InChI=1S/C14H10BrClO/c15-13-4-2-1-3-10(13)5-6-11-9-12(16)7-8-14(11)17/h1-9,17H. The lowest BCUT2D eigenvalue weighted by Gasteiger charge is -2.00. The first-order valence-corrected chi connectivity index (χ1v) is 6.25. The molecule has 0 saturated carbocycles. The molecule has 0 aliphatic rings. The number of halogens is 2. The molecular weight excluding hydrogens is 300 g/mol. The second kappa shape index (κ2) is 5.39. The first-order valence-electron chi connectivity index (χ1n) is 5.08. The third-order valence-corrected chi connectivity index (χ3v) is 3.29. The number of phenols is 1. The Hall–Kier alpha value is -1.25. The summed E-state index contributed by atoms with van der Waals surface area (Å²) in [6.07, 6.45) is 3.76. The predicted molar refractivity (Wildman–Crippen MR) is 76.2 cm³/mol. The van der Waals surface area contributed by atoms with Crippen LogP contribution in [0.25, 0.3) is 12.2 Å². The Labute approximate surface area is 113 Å². The highest BCUT2D eigenvalue weighted by molar-refractivity contribution is 9.10. The molecule has 1 N–H and O–H groups in total. The molecule has 0 aromatic heterocycles. The molecule has 0 unspecified atom stereocenters. The lowest BCUT2D eigenvalue weighted by atomic mass is 10.1. The summed E-state index contributed by atoms with van der Waals surface area (Å²) in [5.74, 6) is 0.220. The normalized spacial score (nSPS) is 10.9. The lowest BCUT2D eigenvalue weighted by Crippen LogP contribution is -1.76. The first-order chi connectivity index (χ1) is 8.16. The van der Waals surface area contributed by atoms with Gasteiger partial charge in [-0.05, 0) is 29.8 Å². The van der Waals surface area contributed by atoms with Crippen molar-refractivity contribution in [2.24, 2.45) is 0 Å². The molecule has 0 radical (unpaired) electrons. The molecule has 0 spiro atoms. The van der Waals surface area contributed by atoms with E-state index in [9.17, 15) is 5.11 Å². The maximum atomic E-state index is 9.66. The molecule has 1 nitrogen and oxygen atoms in total. The van der Waals surface area contributed by atoms with E-state index in [1.165, 1.54) is 0 Å². The van der Waals surface area contributed by atoms with Crippen LogP contribution in [0.3, 0.4) is 0 Å². The van der Waals surface area contributed by atoms with Gasteiger partial charge in [0.1, 0.15) is 5.75 Å². The summed E-state index contributed by atoms with van der Waals surface area (Å²) in [6, 6.07) is 12.8. The fraction of sp³-hybridized carbons (Fsp3) is 0. The van der Waals surface area contributed by atoms with Crippen LogP contribution >= 0.6 is 27.5 Å². The zero-order valence-corrected chi connectivity index (χ0v) is 11.2. The van der Waals surface area contributed by atoms with E-state index in [4.69, 9.17) is 11.6 Å². The monoisotopic (exact) mass is 308 g/mol. The van der Waals surface area contributed by atoms with Crippen molar-refractivity contribution in [3.8, 4) is 5.75 Å². The highest BCUT2D eigenvalue weighted by Crippen LogP contribution is 2.25. The predicted octanol–water partition coefficient (Wildman–Crippen LogP) is 4.98. The molecule has 0 aliphatic heterocycles. The average Bonchev–Trinajstić information content (AvgIpc) is 2.32. The minimum Gasteiger partial charge on any atom is -0.507 e. The third kappa shape index (κ3) is 3.11. The Kier molecular flexibility index (Phi) is 3.87. The van der Waals surface area contributed by atoms with Crippen molar-refractivity contribution in [1.82, 2.24) is 0 Å². The minimum absolute atomic E-state index is 0.220. The van der Waals surface area contributed by atoms with Crippen LogP contribution in [0.5, 0.6) is 5.75 Å². The van der Waals surface area contributed by atoms with E-state index >= 15 is 0 Å². The number of hydrogen-bond donors (Lipinski definition) is 1. The van der Waals surface area contributed by atoms with Gasteiger partial charge < -0.3 is 5.11 Å². The van der Waals surface area contributed by atoms with Crippen LogP contribution in [0.4, 0.5) is 0 Å². The molecule has 0 amide bonds. The fourth-order valence-electron chi connectivity index (χ4n) is 1.45. The topological polar surface area (TPSA) is 20.2 Å². The van der Waals surface area contributed by atoms with Gasteiger partial charge in [-0.1, -0.05) is 57.9 Å². The number of phenolic OH excluding ortho intramolecular Hbond substituents is 1. The van der Waals surface area contributed by atoms with Crippen LogP contribution in [-0.4, -0.2) is 5.11 Å². The van der Waals surface area contributed by atoms with Crippen LogP contribution in [-0.2, 0) is 0 Å². The van der Waals surface area contributed by atoms with Crippen molar-refractivity contribution in [1.29, 1.82) is 0 Å². The second-order valence-corrected chi connectivity index (χ2v) is 4.85. The van der Waals surface area contributed by atoms with Gasteiger partial charge in [-0.15, -0.1) is 0 Å². The SMILES string of the molecule is Oc1ccc(Cl)cc1C=Cc1ccccc1Br. The van der Waals surface area contributed by atoms with Gasteiger partial charge in [-0.3, -0.25) is 0 Å². The molecule has 0 bridgehead atoms. The highest BCUT2D eigenvalue weighted by Gasteiger charge is 1.99. The third-order valence-electron chi connectivity index (χ3n) is 2.34. The summed E-state index contributed by atoms with van der Waals surface area (Å²) < 4.78 is 1.01. The van der Waals surface area contributed by atoms with Gasteiger partial charge in [0, 0.05) is 15.1 Å². The van der Waals surface area contributed by atoms with Gasteiger partial charge in [0.2, 0.25) is 0 Å². The van der Waals surface area contributed by atoms with Crippen molar-refractivity contribution in [3.63, 3.8) is 0 Å². The van der Waals surface area contributed by atoms with E-state index in [0.29, 0.717) is 10.6 Å². The minimum atomic E-state index is 0.220. The Morgan fingerprint density at radius 3 is 2.47 bits per heavy atom. The maximum Gasteiger partial charge on any atom is 0.122 e. The van der Waals surface area contributed by atoms with Crippen molar-refractivity contribution < 1.29 is 5.11 Å². The van der Waals surface area contributed by atoms with Gasteiger partial charge in [0.15, 0.2) is 0 Å². The largest absolute Gasteiger partial charge is 0.507 e. The summed E-state index contributed by atoms with van der Waals surface area (Å²) in [7, 11) is 0. The Bertz CT molecular complexity index is 564. The molecule has 2 rings (SSSR count). The van der Waals surface area contributed by atoms with Gasteiger partial charge in [0.25, 0.3) is 0 Å². The quantitative estimate of drug-likeness (QED) is 0.776. The number of hydrogen-bond acceptors (Lipinski definition) is 1. The molecule has 2 aromatic rings. The number of rotatable bonds is 2. The lowest BCUT2D eigenvalue weighted by molar-refractivity contribution is 0.474. The first kappa shape index (κ1) is 12.2. The smallest absolute Gasteiger partial charge is 0.122 e. The molecule has 3 heteroatoms. The summed E-state index contributed by atoms with van der Waals surface area (Å²) in [5, 5.41) is 10.3. The molecule has 0 atom stereocenters. The zero-order chi connectivity index (χ0) is 12.3. The Balaban J connectivity index is 2.32. The van der Waals surface area contributed by atoms with Crippen molar-refractivity contribution >= 4 is 39.7 Å². The molecular formula is C14H10BrClO. The van der Waals surface area contributed by atoms with E-state index in [0.717, 1.165) is 10.0 Å². The van der Waals surface area contributed by atoms with E-state index < -0.39 is 0 Å². The van der Waals surface area contributed by atoms with Crippen molar-refractivity contribution in [2.75, 3.05) is 0 Å². The summed E-state index contributed by atoms with van der Waals surface area (Å²) in [5.41, 5.74) is 1.75. The van der Waals surface area contributed by atoms with E-state index in [2.05, 4.69) is 15.9 Å².